The molecule has 1 aromatic carbocycles. The first-order valence-corrected chi connectivity index (χ1v) is 5.97. The summed E-state index contributed by atoms with van der Waals surface area (Å²) in [6.45, 7) is -2.00. The zero-order chi connectivity index (χ0) is 13.0. The summed E-state index contributed by atoms with van der Waals surface area (Å²) in [5, 5.41) is 3.21. The monoisotopic (exact) mass is 255 g/mol. The third-order valence-corrected chi connectivity index (χ3v) is 3.00. The molecule has 5 heteroatoms. The lowest BCUT2D eigenvalue weighted by Gasteiger charge is -2.12. The number of alkyl halides is 2. The summed E-state index contributed by atoms with van der Waals surface area (Å²) < 4.78 is 28.8. The molecule has 0 spiro atoms. The van der Waals surface area contributed by atoms with E-state index in [1.807, 2.05) is 0 Å². The second-order valence-electron chi connectivity index (χ2n) is 4.30. The van der Waals surface area contributed by atoms with E-state index in [0.717, 1.165) is 19.4 Å². The van der Waals surface area contributed by atoms with E-state index >= 15 is 0 Å². The maximum Gasteiger partial charge on any atom is 0.387 e. The molecule has 98 valence electrons. The highest BCUT2D eigenvalue weighted by Crippen LogP contribution is 2.23. The van der Waals surface area contributed by atoms with E-state index in [-0.39, 0.29) is 23.1 Å². The van der Waals surface area contributed by atoms with Crippen LogP contribution >= 0.6 is 0 Å². The van der Waals surface area contributed by atoms with E-state index < -0.39 is 6.61 Å². The molecule has 0 aliphatic carbocycles. The lowest BCUT2D eigenvalue weighted by atomic mass is 10.0. The number of halogens is 2. The van der Waals surface area contributed by atoms with Crippen LogP contribution in [0.2, 0.25) is 0 Å². The van der Waals surface area contributed by atoms with Gasteiger partial charge in [0, 0.05) is 12.5 Å². The number of carbonyl (C=O) groups excluding carboxylic acids is 1. The van der Waals surface area contributed by atoms with Gasteiger partial charge in [-0.15, -0.1) is 0 Å². The van der Waals surface area contributed by atoms with Crippen molar-refractivity contribution in [2.45, 2.75) is 31.9 Å². The summed E-state index contributed by atoms with van der Waals surface area (Å²) in [6.07, 6.45) is 2.32. The van der Waals surface area contributed by atoms with Gasteiger partial charge in [-0.25, -0.2) is 0 Å². The van der Waals surface area contributed by atoms with Crippen molar-refractivity contribution >= 4 is 5.78 Å². The summed E-state index contributed by atoms with van der Waals surface area (Å²) in [6, 6.07) is 6.28. The number of ketones is 1. The largest absolute Gasteiger partial charge is 0.434 e. The first-order valence-electron chi connectivity index (χ1n) is 5.97. The Hall–Kier alpha value is -1.49. The van der Waals surface area contributed by atoms with Gasteiger partial charge in [0.25, 0.3) is 0 Å². The van der Waals surface area contributed by atoms with E-state index in [1.54, 1.807) is 12.1 Å². The number of para-hydroxylation sites is 1. The molecule has 0 amide bonds. The van der Waals surface area contributed by atoms with Crippen molar-refractivity contribution in [1.82, 2.24) is 5.32 Å². The molecule has 2 rings (SSSR count). The van der Waals surface area contributed by atoms with Gasteiger partial charge in [-0.05, 0) is 31.5 Å². The van der Waals surface area contributed by atoms with Crippen molar-refractivity contribution in [3.8, 4) is 5.75 Å². The zero-order valence-electron chi connectivity index (χ0n) is 9.86. The van der Waals surface area contributed by atoms with Gasteiger partial charge in [-0.3, -0.25) is 4.79 Å². The van der Waals surface area contributed by atoms with E-state index in [2.05, 4.69) is 10.1 Å². The Morgan fingerprint density at radius 1 is 1.44 bits per heavy atom. The fourth-order valence-electron chi connectivity index (χ4n) is 2.16. The van der Waals surface area contributed by atoms with Gasteiger partial charge in [0.05, 0.1) is 5.56 Å². The van der Waals surface area contributed by atoms with Crippen LogP contribution in [0.3, 0.4) is 0 Å². The van der Waals surface area contributed by atoms with E-state index in [9.17, 15) is 13.6 Å². The van der Waals surface area contributed by atoms with Crippen LogP contribution in [0.4, 0.5) is 8.78 Å². The summed E-state index contributed by atoms with van der Waals surface area (Å²) in [5.74, 6) is -0.207. The summed E-state index contributed by atoms with van der Waals surface area (Å²) in [7, 11) is 0. The fraction of sp³-hybridized carbons (Fsp3) is 0.462. The normalized spacial score (nSPS) is 19.2. The molecule has 18 heavy (non-hydrogen) atoms. The minimum Gasteiger partial charge on any atom is -0.434 e. The molecule has 3 nitrogen and oxygen atoms in total. The molecule has 1 aromatic rings. The van der Waals surface area contributed by atoms with Crippen molar-refractivity contribution in [3.05, 3.63) is 29.8 Å². The third kappa shape index (κ3) is 3.26. The molecule has 1 heterocycles. The molecule has 1 saturated heterocycles. The van der Waals surface area contributed by atoms with Gasteiger partial charge in [-0.1, -0.05) is 12.1 Å². The lowest BCUT2D eigenvalue weighted by Crippen LogP contribution is -2.24. The number of nitrogens with one attached hydrogen (secondary N) is 1. The highest BCUT2D eigenvalue weighted by atomic mass is 19.3. The minimum absolute atomic E-state index is 0.0458. The number of carbonyl (C=O) groups is 1. The number of hydrogen-bond donors (Lipinski definition) is 1. The Kier molecular flexibility index (Phi) is 4.25. The van der Waals surface area contributed by atoms with Gasteiger partial charge in [0.1, 0.15) is 5.75 Å². The maximum atomic E-state index is 12.2. The molecular weight excluding hydrogens is 240 g/mol. The molecule has 1 atom stereocenters. The van der Waals surface area contributed by atoms with Crippen molar-refractivity contribution in [3.63, 3.8) is 0 Å². The maximum absolute atomic E-state index is 12.2. The molecule has 0 saturated carbocycles. The van der Waals surface area contributed by atoms with Crippen molar-refractivity contribution in [2.75, 3.05) is 6.54 Å². The summed E-state index contributed by atoms with van der Waals surface area (Å²) in [5.41, 5.74) is 0.228. The van der Waals surface area contributed by atoms with Crippen LogP contribution in [0.15, 0.2) is 24.3 Å². The van der Waals surface area contributed by atoms with Crippen molar-refractivity contribution in [1.29, 1.82) is 0 Å². The second kappa shape index (κ2) is 5.91. The van der Waals surface area contributed by atoms with Crippen LogP contribution in [0.1, 0.15) is 29.6 Å². The van der Waals surface area contributed by atoms with Crippen LogP contribution in [0, 0.1) is 0 Å². The van der Waals surface area contributed by atoms with E-state index in [0.29, 0.717) is 6.42 Å². The van der Waals surface area contributed by atoms with Gasteiger partial charge in [-0.2, -0.15) is 8.78 Å². The number of Topliss-reactive ketones (excluding diaryl/α,β-unsaturated/α-hetero) is 1. The standard InChI is InChI=1S/C13H15F2NO2/c14-13(15)18-12-6-2-1-5-10(12)11(17)8-9-4-3-7-16-9/h1-2,5-6,9,13,16H,3-4,7-8H2. The van der Waals surface area contributed by atoms with Crippen molar-refractivity contribution in [2.24, 2.45) is 0 Å². The lowest BCUT2D eigenvalue weighted by molar-refractivity contribution is -0.0501. The molecular formula is C13H15F2NO2. The smallest absolute Gasteiger partial charge is 0.387 e. The Morgan fingerprint density at radius 3 is 2.89 bits per heavy atom. The van der Waals surface area contributed by atoms with Gasteiger partial charge < -0.3 is 10.1 Å². The Labute approximate surface area is 104 Å². The van der Waals surface area contributed by atoms with Gasteiger partial charge in [0.2, 0.25) is 0 Å². The third-order valence-electron chi connectivity index (χ3n) is 3.00. The van der Waals surface area contributed by atoms with Gasteiger partial charge >= 0.3 is 6.61 Å². The molecule has 1 N–H and O–H groups in total. The highest BCUT2D eigenvalue weighted by molar-refractivity contribution is 5.99. The number of rotatable bonds is 5. The van der Waals surface area contributed by atoms with Crippen LogP contribution in [0.25, 0.3) is 0 Å². The van der Waals surface area contributed by atoms with Gasteiger partial charge in [0.15, 0.2) is 5.78 Å². The molecule has 0 bridgehead atoms. The van der Waals surface area contributed by atoms with Crippen LogP contribution in [-0.4, -0.2) is 25.0 Å². The summed E-state index contributed by atoms with van der Waals surface area (Å²) in [4.78, 5) is 12.0. The highest BCUT2D eigenvalue weighted by Gasteiger charge is 2.21. The number of ether oxygens (including phenoxy) is 1. The minimum atomic E-state index is -2.91. The first-order chi connectivity index (χ1) is 8.66. The predicted molar refractivity (Wildman–Crippen MR) is 63.0 cm³/mol. The van der Waals surface area contributed by atoms with Crippen LogP contribution in [0.5, 0.6) is 5.75 Å². The number of benzene rings is 1. The summed E-state index contributed by atoms with van der Waals surface area (Å²) >= 11 is 0. The fourth-order valence-corrected chi connectivity index (χ4v) is 2.16. The van der Waals surface area contributed by atoms with Crippen molar-refractivity contribution < 1.29 is 18.3 Å². The molecule has 1 aliphatic rings. The molecule has 1 unspecified atom stereocenters. The Morgan fingerprint density at radius 2 is 2.22 bits per heavy atom. The van der Waals surface area contributed by atoms with E-state index in [4.69, 9.17) is 0 Å². The molecule has 0 radical (unpaired) electrons. The van der Waals surface area contributed by atoms with Crippen LogP contribution in [-0.2, 0) is 0 Å². The topological polar surface area (TPSA) is 38.3 Å². The second-order valence-corrected chi connectivity index (χ2v) is 4.30. The van der Waals surface area contributed by atoms with Crippen LogP contribution < -0.4 is 10.1 Å². The number of hydrogen-bond acceptors (Lipinski definition) is 3. The first kappa shape index (κ1) is 13.0. The molecule has 1 fully saturated rings. The predicted octanol–water partition coefficient (Wildman–Crippen LogP) is 2.61. The average Bonchev–Trinajstić information content (AvgIpc) is 2.81. The SMILES string of the molecule is O=C(CC1CCCN1)c1ccccc1OC(F)F. The van der Waals surface area contributed by atoms with E-state index in [1.165, 1.54) is 12.1 Å². The molecule has 0 aromatic heterocycles. The molecule has 1 aliphatic heterocycles. The Bertz CT molecular complexity index is 417. The average molecular weight is 255 g/mol. The Balaban J connectivity index is 2.08. The zero-order valence-corrected chi connectivity index (χ0v) is 9.86. The quantitative estimate of drug-likeness (QED) is 0.822.